The summed E-state index contributed by atoms with van der Waals surface area (Å²) >= 11 is 0. The minimum atomic E-state index is -0.382. The number of nitrogens with zero attached hydrogens (tertiary/aromatic N) is 3. The van der Waals surface area contributed by atoms with Crippen molar-refractivity contribution in [3.8, 4) is 11.4 Å². The van der Waals surface area contributed by atoms with Gasteiger partial charge in [-0.3, -0.25) is 19.7 Å². The molecule has 2 amide bonds. The topological polar surface area (TPSA) is 88.9 Å². The fraction of sp³-hybridized carbons (Fsp3) is 0.0370. The third-order valence-electron chi connectivity index (χ3n) is 5.51. The summed E-state index contributed by atoms with van der Waals surface area (Å²) in [5.41, 5.74) is 6.11. The van der Waals surface area contributed by atoms with Crippen LogP contribution in [-0.4, -0.2) is 26.5 Å². The van der Waals surface area contributed by atoms with Gasteiger partial charge >= 0.3 is 0 Å². The normalized spacial score (nSPS) is 10.8. The second kappa shape index (κ2) is 9.18. The molecule has 2 aromatic heterocycles. The highest BCUT2D eigenvalue weighted by atomic mass is 19.1. The van der Waals surface area contributed by atoms with Crippen molar-refractivity contribution < 1.29 is 14.0 Å². The number of amides is 2. The lowest BCUT2D eigenvalue weighted by atomic mass is 10.2. The van der Waals surface area contributed by atoms with Crippen LogP contribution in [0.15, 0.2) is 91.3 Å². The molecule has 7 nitrogen and oxygen atoms in total. The van der Waals surface area contributed by atoms with Gasteiger partial charge in [-0.05, 0) is 55.5 Å². The lowest BCUT2D eigenvalue weighted by Crippen LogP contribution is -2.23. The first-order chi connectivity index (χ1) is 17.0. The first-order valence-electron chi connectivity index (χ1n) is 10.9. The molecular weight excluding hydrogens is 445 g/mol. The van der Waals surface area contributed by atoms with Crippen molar-refractivity contribution in [1.82, 2.24) is 14.6 Å². The molecule has 0 unspecified atom stereocenters. The molecule has 0 aliphatic heterocycles. The highest BCUT2D eigenvalue weighted by Gasteiger charge is 2.15. The molecule has 5 aromatic rings. The largest absolute Gasteiger partial charge is 0.322 e. The Bertz CT molecular complexity index is 1560. The summed E-state index contributed by atoms with van der Waals surface area (Å²) in [5.74, 6) is -0.620. The van der Waals surface area contributed by atoms with Crippen molar-refractivity contribution in [2.75, 3.05) is 10.7 Å². The van der Waals surface area contributed by atoms with E-state index < -0.39 is 0 Å². The minimum absolute atomic E-state index is 0.199. The Morgan fingerprint density at radius 2 is 1.74 bits per heavy atom. The van der Waals surface area contributed by atoms with Gasteiger partial charge in [0.05, 0.1) is 16.8 Å². The first-order valence-corrected chi connectivity index (χ1v) is 10.9. The van der Waals surface area contributed by atoms with Crippen LogP contribution in [-0.2, 0) is 0 Å². The van der Waals surface area contributed by atoms with Crippen LogP contribution >= 0.6 is 0 Å². The summed E-state index contributed by atoms with van der Waals surface area (Å²) in [6.45, 7) is 1.70. The predicted octanol–water partition coefficient (Wildman–Crippen LogP) is 5.18. The Kier molecular flexibility index (Phi) is 5.76. The average Bonchev–Trinajstić information content (AvgIpc) is 3.26. The zero-order valence-electron chi connectivity index (χ0n) is 18.7. The van der Waals surface area contributed by atoms with Crippen molar-refractivity contribution in [2.24, 2.45) is 0 Å². The van der Waals surface area contributed by atoms with Crippen LogP contribution in [0.5, 0.6) is 0 Å². The van der Waals surface area contributed by atoms with Crippen LogP contribution in [0.1, 0.15) is 26.4 Å². The summed E-state index contributed by atoms with van der Waals surface area (Å²) in [4.78, 5) is 33.9. The number of hydrogen-bond acceptors (Lipinski definition) is 4. The summed E-state index contributed by atoms with van der Waals surface area (Å²) in [6, 6.07) is 22.2. The molecular formula is C27H20FN5O2. The van der Waals surface area contributed by atoms with Crippen molar-refractivity contribution in [3.63, 3.8) is 0 Å². The second-order valence-corrected chi connectivity index (χ2v) is 7.92. The maximum absolute atomic E-state index is 13.5. The molecule has 0 saturated carbocycles. The van der Waals surface area contributed by atoms with Gasteiger partial charge in [-0.15, -0.1) is 0 Å². The van der Waals surface area contributed by atoms with E-state index in [1.54, 1.807) is 48.1 Å². The molecule has 0 aliphatic rings. The molecule has 3 aromatic carbocycles. The number of aromatic nitrogens is 3. The molecule has 0 bridgehead atoms. The van der Waals surface area contributed by atoms with Crippen LogP contribution in [0, 0.1) is 12.7 Å². The van der Waals surface area contributed by atoms with Crippen molar-refractivity contribution in [3.05, 3.63) is 114 Å². The molecule has 2 N–H and O–H groups in total. The van der Waals surface area contributed by atoms with Gasteiger partial charge in [0.25, 0.3) is 11.8 Å². The number of anilines is 1. The van der Waals surface area contributed by atoms with E-state index in [0.717, 1.165) is 10.9 Å². The molecule has 2 heterocycles. The smallest absolute Gasteiger partial charge is 0.273 e. The number of benzene rings is 3. The molecule has 0 atom stereocenters. The monoisotopic (exact) mass is 465 g/mol. The SMILES string of the molecule is Cc1nc(-c2cccc(F)c2)ncc1C(=O)Nn1ccc2cc(NC(=O)c3ccccc3)ccc21. The van der Waals surface area contributed by atoms with Gasteiger partial charge < -0.3 is 5.32 Å². The van der Waals surface area contributed by atoms with Crippen LogP contribution in [0.4, 0.5) is 10.1 Å². The maximum atomic E-state index is 13.5. The Labute approximate surface area is 200 Å². The summed E-state index contributed by atoms with van der Waals surface area (Å²) in [5, 5.41) is 3.72. The number of nitrogens with one attached hydrogen (secondary N) is 2. The standard InChI is InChI=1S/C27H20FN5O2/c1-17-23(16-29-25(30-17)20-8-5-9-21(28)14-20)27(35)32-33-13-12-19-15-22(10-11-24(19)33)31-26(34)18-6-3-2-4-7-18/h2-16H,1H3,(H,31,34)(H,32,35). The fourth-order valence-corrected chi connectivity index (χ4v) is 3.74. The number of rotatable bonds is 5. The van der Waals surface area contributed by atoms with Gasteiger partial charge in [-0.1, -0.05) is 30.3 Å². The number of halogens is 1. The van der Waals surface area contributed by atoms with Crippen LogP contribution in [0.3, 0.4) is 0 Å². The Morgan fingerprint density at radius 3 is 2.51 bits per heavy atom. The number of fused-ring (bicyclic) bond motifs is 1. The van der Waals surface area contributed by atoms with Gasteiger partial charge in [0.1, 0.15) is 5.82 Å². The Morgan fingerprint density at radius 1 is 0.914 bits per heavy atom. The average molecular weight is 465 g/mol. The van der Waals surface area contributed by atoms with Gasteiger partial charge in [-0.25, -0.2) is 14.4 Å². The lowest BCUT2D eigenvalue weighted by molar-refractivity contribution is 0.100. The molecule has 0 radical (unpaired) electrons. The quantitative estimate of drug-likeness (QED) is 0.374. The Hall–Kier alpha value is -4.85. The van der Waals surface area contributed by atoms with Gasteiger partial charge in [-0.2, -0.15) is 0 Å². The summed E-state index contributed by atoms with van der Waals surface area (Å²) in [6.07, 6.45) is 3.16. The molecule has 5 rings (SSSR count). The second-order valence-electron chi connectivity index (χ2n) is 7.92. The van der Waals surface area contributed by atoms with Crippen molar-refractivity contribution >= 4 is 28.4 Å². The van der Waals surface area contributed by atoms with E-state index in [1.807, 2.05) is 36.4 Å². The first kappa shape index (κ1) is 22.0. The maximum Gasteiger partial charge on any atom is 0.273 e. The third kappa shape index (κ3) is 4.63. The molecule has 172 valence electrons. The van der Waals surface area contributed by atoms with E-state index in [2.05, 4.69) is 20.7 Å². The van der Waals surface area contributed by atoms with E-state index in [1.165, 1.54) is 18.3 Å². The molecule has 0 spiro atoms. The zero-order chi connectivity index (χ0) is 24.4. The summed E-state index contributed by atoms with van der Waals surface area (Å²) in [7, 11) is 0. The highest BCUT2D eigenvalue weighted by Crippen LogP contribution is 2.21. The van der Waals surface area contributed by atoms with E-state index in [0.29, 0.717) is 33.9 Å². The minimum Gasteiger partial charge on any atom is -0.322 e. The van der Waals surface area contributed by atoms with E-state index >= 15 is 0 Å². The van der Waals surface area contributed by atoms with Crippen LogP contribution < -0.4 is 10.7 Å². The van der Waals surface area contributed by atoms with Gasteiger partial charge in [0.2, 0.25) is 0 Å². The van der Waals surface area contributed by atoms with E-state index in [-0.39, 0.29) is 17.6 Å². The molecule has 0 saturated heterocycles. The van der Waals surface area contributed by atoms with Crippen molar-refractivity contribution in [1.29, 1.82) is 0 Å². The number of carbonyl (C=O) groups excluding carboxylic acids is 2. The Balaban J connectivity index is 1.33. The van der Waals surface area contributed by atoms with Crippen molar-refractivity contribution in [2.45, 2.75) is 6.92 Å². The molecule has 0 aliphatic carbocycles. The van der Waals surface area contributed by atoms with Gasteiger partial charge in [0, 0.05) is 34.6 Å². The number of hydrogen-bond donors (Lipinski definition) is 2. The van der Waals surface area contributed by atoms with Crippen LogP contribution in [0.25, 0.3) is 22.3 Å². The highest BCUT2D eigenvalue weighted by molar-refractivity contribution is 6.05. The van der Waals surface area contributed by atoms with Gasteiger partial charge in [0.15, 0.2) is 5.82 Å². The predicted molar refractivity (Wildman–Crippen MR) is 132 cm³/mol. The van der Waals surface area contributed by atoms with E-state index in [9.17, 15) is 14.0 Å². The van der Waals surface area contributed by atoms with E-state index in [4.69, 9.17) is 0 Å². The lowest BCUT2D eigenvalue weighted by Gasteiger charge is -2.11. The third-order valence-corrected chi connectivity index (χ3v) is 5.51. The number of carbonyl (C=O) groups is 2. The van der Waals surface area contributed by atoms with Crippen LogP contribution in [0.2, 0.25) is 0 Å². The zero-order valence-corrected chi connectivity index (χ0v) is 18.7. The molecule has 0 fully saturated rings. The summed E-state index contributed by atoms with van der Waals surface area (Å²) < 4.78 is 15.1. The molecule has 35 heavy (non-hydrogen) atoms. The molecule has 8 heteroatoms. The number of aryl methyl sites for hydroxylation is 1. The fourth-order valence-electron chi connectivity index (χ4n) is 3.74.